The topological polar surface area (TPSA) is 45.4 Å². The molecule has 0 fully saturated rings. The van der Waals surface area contributed by atoms with Gasteiger partial charge in [-0.2, -0.15) is 11.8 Å². The fraction of sp³-hybridized carbons (Fsp3) is 0.600. The maximum Gasteiger partial charge on any atom is 0.118 e. The molecule has 1 aromatic rings. The summed E-state index contributed by atoms with van der Waals surface area (Å²) >= 11 is 1.74. The molecule has 0 aliphatic rings. The van der Waals surface area contributed by atoms with Crippen molar-refractivity contribution in [3.63, 3.8) is 0 Å². The fourth-order valence-electron chi connectivity index (χ4n) is 1.14. The van der Waals surface area contributed by atoms with Gasteiger partial charge in [-0.15, -0.1) is 0 Å². The molecule has 0 spiro atoms. The minimum Gasteiger partial charge on any atom is -0.464 e. The number of furan rings is 1. The smallest absolute Gasteiger partial charge is 0.118 e. The van der Waals surface area contributed by atoms with Crippen LogP contribution >= 0.6 is 11.8 Å². The van der Waals surface area contributed by atoms with Crippen molar-refractivity contribution in [1.29, 1.82) is 0 Å². The average Bonchev–Trinajstić information content (AvgIpc) is 2.53. The van der Waals surface area contributed by atoms with Crippen molar-refractivity contribution in [2.45, 2.75) is 25.3 Å². The van der Waals surface area contributed by atoms with E-state index in [0.29, 0.717) is 13.1 Å². The minimum atomic E-state index is -0.310. The lowest BCUT2D eigenvalue weighted by atomic mass is 10.4. The highest BCUT2D eigenvalue weighted by molar-refractivity contribution is 7.97. The van der Waals surface area contributed by atoms with Crippen LogP contribution < -0.4 is 5.32 Å². The van der Waals surface area contributed by atoms with Crippen LogP contribution in [-0.2, 0) is 12.3 Å². The van der Waals surface area contributed by atoms with Gasteiger partial charge in [-0.1, -0.05) is 0 Å². The third-order valence-electron chi connectivity index (χ3n) is 1.74. The van der Waals surface area contributed by atoms with Gasteiger partial charge < -0.3 is 14.8 Å². The number of hydrogen-bond donors (Lipinski definition) is 2. The van der Waals surface area contributed by atoms with Crippen LogP contribution in [0.2, 0.25) is 0 Å². The highest BCUT2D eigenvalue weighted by Gasteiger charge is 2.01. The fourth-order valence-corrected chi connectivity index (χ4v) is 1.58. The van der Waals surface area contributed by atoms with Gasteiger partial charge in [0, 0.05) is 6.54 Å². The molecule has 0 radical (unpaired) electrons. The van der Waals surface area contributed by atoms with Crippen molar-refractivity contribution in [3.05, 3.63) is 23.7 Å². The Hall–Kier alpha value is -0.450. The Morgan fingerprint density at radius 2 is 2.21 bits per heavy atom. The van der Waals surface area contributed by atoms with Gasteiger partial charge in [0.2, 0.25) is 0 Å². The van der Waals surface area contributed by atoms with E-state index >= 15 is 0 Å². The summed E-state index contributed by atoms with van der Waals surface area (Å²) < 4.78 is 5.54. The lowest BCUT2D eigenvalue weighted by Gasteiger charge is -2.04. The van der Waals surface area contributed by atoms with Crippen molar-refractivity contribution in [3.8, 4) is 0 Å². The number of aliphatic hydroxyl groups is 1. The van der Waals surface area contributed by atoms with Gasteiger partial charge in [0.25, 0.3) is 0 Å². The van der Waals surface area contributed by atoms with Crippen molar-refractivity contribution >= 4 is 11.8 Å². The van der Waals surface area contributed by atoms with Gasteiger partial charge in [0.05, 0.1) is 18.4 Å². The van der Waals surface area contributed by atoms with Crippen LogP contribution in [0.5, 0.6) is 0 Å². The molecule has 80 valence electrons. The van der Waals surface area contributed by atoms with E-state index in [1.807, 2.05) is 18.4 Å². The van der Waals surface area contributed by atoms with Crippen molar-refractivity contribution < 1.29 is 9.52 Å². The monoisotopic (exact) mass is 215 g/mol. The van der Waals surface area contributed by atoms with Gasteiger partial charge in [-0.25, -0.2) is 0 Å². The summed E-state index contributed by atoms with van der Waals surface area (Å²) in [4.78, 5) is 0. The number of aliphatic hydroxyl groups excluding tert-OH is 1. The molecule has 0 saturated heterocycles. The lowest BCUT2D eigenvalue weighted by Crippen LogP contribution is -2.23. The van der Waals surface area contributed by atoms with E-state index in [9.17, 15) is 0 Å². The molecule has 14 heavy (non-hydrogen) atoms. The first-order valence-corrected chi connectivity index (χ1v) is 6.07. The minimum absolute atomic E-state index is 0.310. The molecule has 4 heteroatoms. The van der Waals surface area contributed by atoms with E-state index in [1.54, 1.807) is 18.7 Å². The second kappa shape index (κ2) is 6.11. The van der Waals surface area contributed by atoms with Gasteiger partial charge in [0.1, 0.15) is 11.5 Å². The molecule has 0 amide bonds. The summed E-state index contributed by atoms with van der Waals surface area (Å²) in [7, 11) is 0. The normalized spacial score (nSPS) is 13.1. The zero-order valence-corrected chi connectivity index (χ0v) is 9.43. The van der Waals surface area contributed by atoms with E-state index in [1.165, 1.54) is 0 Å². The standard InChI is InChI=1S/C10H17NO2S/c1-8(12)5-11-6-9-3-4-10(13-9)7-14-2/h3-4,8,11-12H,5-7H2,1-2H3. The van der Waals surface area contributed by atoms with E-state index in [-0.39, 0.29) is 6.10 Å². The van der Waals surface area contributed by atoms with Gasteiger partial charge in [0.15, 0.2) is 0 Å². The van der Waals surface area contributed by atoms with Crippen molar-refractivity contribution in [2.24, 2.45) is 0 Å². The molecular formula is C10H17NO2S. The maximum atomic E-state index is 9.02. The predicted molar refractivity (Wildman–Crippen MR) is 59.3 cm³/mol. The molecular weight excluding hydrogens is 198 g/mol. The van der Waals surface area contributed by atoms with Gasteiger partial charge in [-0.05, 0) is 25.3 Å². The van der Waals surface area contributed by atoms with Gasteiger partial charge in [-0.3, -0.25) is 0 Å². The van der Waals surface area contributed by atoms with Crippen molar-refractivity contribution in [2.75, 3.05) is 12.8 Å². The van der Waals surface area contributed by atoms with E-state index in [4.69, 9.17) is 9.52 Å². The third-order valence-corrected chi connectivity index (χ3v) is 2.32. The molecule has 0 aliphatic carbocycles. The summed E-state index contributed by atoms with van der Waals surface area (Å²) in [5, 5.41) is 12.1. The first-order valence-electron chi connectivity index (χ1n) is 4.67. The van der Waals surface area contributed by atoms with Crippen molar-refractivity contribution in [1.82, 2.24) is 5.32 Å². The molecule has 0 aliphatic heterocycles. The molecule has 1 heterocycles. The number of nitrogens with one attached hydrogen (secondary N) is 1. The first-order chi connectivity index (χ1) is 6.72. The Morgan fingerprint density at radius 3 is 2.86 bits per heavy atom. The molecule has 2 N–H and O–H groups in total. The summed E-state index contributed by atoms with van der Waals surface area (Å²) in [5.41, 5.74) is 0. The highest BCUT2D eigenvalue weighted by atomic mass is 32.2. The molecule has 1 atom stereocenters. The van der Waals surface area contributed by atoms with E-state index < -0.39 is 0 Å². The Labute approximate surface area is 88.9 Å². The Bertz CT molecular complexity index is 260. The molecule has 1 rings (SSSR count). The summed E-state index contributed by atoms with van der Waals surface area (Å²) in [6.07, 6.45) is 1.74. The largest absolute Gasteiger partial charge is 0.464 e. The van der Waals surface area contributed by atoms with Crippen LogP contribution in [0, 0.1) is 0 Å². The van der Waals surface area contributed by atoms with Crippen LogP contribution in [0.15, 0.2) is 16.5 Å². The SMILES string of the molecule is CSCc1ccc(CNCC(C)O)o1. The molecule has 0 saturated carbocycles. The average molecular weight is 215 g/mol. The van der Waals surface area contributed by atoms with E-state index in [0.717, 1.165) is 17.3 Å². The van der Waals surface area contributed by atoms with E-state index in [2.05, 4.69) is 5.32 Å². The maximum absolute atomic E-state index is 9.02. The predicted octanol–water partition coefficient (Wildman–Crippen LogP) is 1.61. The zero-order valence-electron chi connectivity index (χ0n) is 8.62. The van der Waals surface area contributed by atoms with Crippen LogP contribution in [0.3, 0.4) is 0 Å². The van der Waals surface area contributed by atoms with Gasteiger partial charge >= 0.3 is 0 Å². The molecule has 3 nitrogen and oxygen atoms in total. The van der Waals surface area contributed by atoms with Crippen LogP contribution in [-0.4, -0.2) is 24.0 Å². The second-order valence-electron chi connectivity index (χ2n) is 3.28. The van der Waals surface area contributed by atoms with Crippen LogP contribution in [0.25, 0.3) is 0 Å². The molecule has 1 aromatic heterocycles. The summed E-state index contributed by atoms with van der Waals surface area (Å²) in [6, 6.07) is 3.97. The molecule has 0 aromatic carbocycles. The Balaban J connectivity index is 2.28. The van der Waals surface area contributed by atoms with Crippen LogP contribution in [0.1, 0.15) is 18.4 Å². The third kappa shape index (κ3) is 4.17. The molecule has 0 bridgehead atoms. The number of rotatable bonds is 6. The van der Waals surface area contributed by atoms with Crippen LogP contribution in [0.4, 0.5) is 0 Å². The highest BCUT2D eigenvalue weighted by Crippen LogP contribution is 2.12. The lowest BCUT2D eigenvalue weighted by molar-refractivity contribution is 0.190. The summed E-state index contributed by atoms with van der Waals surface area (Å²) in [6.45, 7) is 3.03. The Morgan fingerprint density at radius 1 is 1.50 bits per heavy atom. The first kappa shape index (κ1) is 11.6. The zero-order chi connectivity index (χ0) is 10.4. The quantitative estimate of drug-likeness (QED) is 0.757. The molecule has 1 unspecified atom stereocenters. The second-order valence-corrected chi connectivity index (χ2v) is 4.15. The number of hydrogen-bond acceptors (Lipinski definition) is 4. The number of thioether (sulfide) groups is 1. The Kier molecular flexibility index (Phi) is 5.07. The summed E-state index contributed by atoms with van der Waals surface area (Å²) in [5.74, 6) is 2.84.